The predicted octanol–water partition coefficient (Wildman–Crippen LogP) is 10.3. The molecule has 1 N–H and O–H groups in total. The van der Waals surface area contributed by atoms with Crippen LogP contribution in [-0.4, -0.2) is 19.1 Å². The second kappa shape index (κ2) is 13.2. The van der Waals surface area contributed by atoms with Crippen molar-refractivity contribution in [2.45, 2.75) is 77.7 Å². The lowest BCUT2D eigenvalue weighted by Crippen LogP contribution is -2.33. The highest BCUT2D eigenvalue weighted by atomic mass is 16.6. The van der Waals surface area contributed by atoms with Gasteiger partial charge in [-0.25, -0.2) is 4.79 Å². The van der Waals surface area contributed by atoms with Gasteiger partial charge in [0.1, 0.15) is 11.5 Å². The van der Waals surface area contributed by atoms with Gasteiger partial charge in [0.2, 0.25) is 0 Å². The first-order chi connectivity index (χ1) is 21.5. The number of ether oxygens (including phenoxy) is 2. The van der Waals surface area contributed by atoms with Crippen molar-refractivity contribution in [3.8, 4) is 11.5 Å². The summed E-state index contributed by atoms with van der Waals surface area (Å²) >= 11 is 0. The maximum atomic E-state index is 13.4. The van der Waals surface area contributed by atoms with Gasteiger partial charge in [-0.1, -0.05) is 88.8 Å². The second-order valence-corrected chi connectivity index (χ2v) is 12.2. The fourth-order valence-electron chi connectivity index (χ4n) is 6.65. The molecule has 228 valence electrons. The lowest BCUT2D eigenvalue weighted by Gasteiger charge is -2.38. The highest BCUT2D eigenvalue weighted by molar-refractivity contribution is 5.97. The quantitative estimate of drug-likeness (QED) is 0.124. The molecule has 0 amide bonds. The van der Waals surface area contributed by atoms with Crippen molar-refractivity contribution < 1.29 is 14.3 Å². The topological polar surface area (TPSA) is 50.8 Å². The zero-order valence-electron chi connectivity index (χ0n) is 26.3. The van der Waals surface area contributed by atoms with Crippen LogP contribution in [0.15, 0.2) is 84.9 Å². The van der Waals surface area contributed by atoms with Crippen LogP contribution >= 0.6 is 0 Å². The number of carbonyl (C=O) groups is 1. The molecule has 0 saturated carbocycles. The predicted molar refractivity (Wildman–Crippen MR) is 180 cm³/mol. The average Bonchev–Trinajstić information content (AvgIpc) is 3.34. The molecule has 44 heavy (non-hydrogen) atoms. The molecule has 4 aromatic carbocycles. The van der Waals surface area contributed by atoms with Crippen LogP contribution in [0.4, 0.5) is 17.1 Å². The van der Waals surface area contributed by atoms with Crippen molar-refractivity contribution in [1.82, 2.24) is 0 Å². The van der Waals surface area contributed by atoms with E-state index in [-0.39, 0.29) is 5.97 Å². The Balaban J connectivity index is 1.43. The maximum Gasteiger partial charge on any atom is 0.340 e. The maximum absolute atomic E-state index is 13.4. The van der Waals surface area contributed by atoms with Gasteiger partial charge in [0.05, 0.1) is 5.56 Å². The van der Waals surface area contributed by atoms with E-state index in [1.165, 1.54) is 51.4 Å². The summed E-state index contributed by atoms with van der Waals surface area (Å²) in [5, 5.41) is 3.57. The highest BCUT2D eigenvalue weighted by Gasteiger charge is 2.53. The Kier molecular flexibility index (Phi) is 8.92. The van der Waals surface area contributed by atoms with Gasteiger partial charge in [-0.2, -0.15) is 0 Å². The molecule has 2 heterocycles. The molecule has 6 rings (SSSR count). The van der Waals surface area contributed by atoms with E-state index in [0.717, 1.165) is 58.2 Å². The highest BCUT2D eigenvalue weighted by Crippen LogP contribution is 2.57. The van der Waals surface area contributed by atoms with Crippen LogP contribution in [0, 0.1) is 6.92 Å². The van der Waals surface area contributed by atoms with Gasteiger partial charge in [0, 0.05) is 52.9 Å². The van der Waals surface area contributed by atoms with Gasteiger partial charge in [0.25, 0.3) is 0 Å². The first-order valence-corrected chi connectivity index (χ1v) is 16.4. The number of hydrogen-bond donors (Lipinski definition) is 1. The molecule has 5 heteroatoms. The van der Waals surface area contributed by atoms with Gasteiger partial charge < -0.3 is 19.7 Å². The van der Waals surface area contributed by atoms with Gasteiger partial charge in [-0.15, -0.1) is 0 Å². The van der Waals surface area contributed by atoms with Crippen LogP contribution in [0.5, 0.6) is 11.5 Å². The van der Waals surface area contributed by atoms with Crippen molar-refractivity contribution in [3.05, 3.63) is 113 Å². The average molecular weight is 589 g/mol. The van der Waals surface area contributed by atoms with Crippen molar-refractivity contribution in [2.24, 2.45) is 0 Å². The summed E-state index contributed by atoms with van der Waals surface area (Å²) in [4.78, 5) is 16.0. The Labute approximate surface area is 262 Å². The fraction of sp³-hybridized carbons (Fsp3) is 0.359. The molecule has 0 bridgehead atoms. The molecule has 2 aliphatic heterocycles. The largest absolute Gasteiger partial charge is 0.456 e. The first kappa shape index (κ1) is 29.8. The lowest BCUT2D eigenvalue weighted by atomic mass is 9.77. The van der Waals surface area contributed by atoms with Gasteiger partial charge in [0.15, 0.2) is 5.60 Å². The second-order valence-electron chi connectivity index (χ2n) is 12.2. The third-order valence-corrected chi connectivity index (χ3v) is 9.02. The van der Waals surface area contributed by atoms with Crippen LogP contribution in [0.3, 0.4) is 0 Å². The molecule has 0 radical (unpaired) electrons. The van der Waals surface area contributed by atoms with Crippen LogP contribution < -0.4 is 15.0 Å². The molecule has 1 unspecified atom stereocenters. The first-order valence-electron chi connectivity index (χ1n) is 16.4. The number of fused-ring (bicyclic) bond motifs is 6. The van der Waals surface area contributed by atoms with E-state index >= 15 is 0 Å². The van der Waals surface area contributed by atoms with E-state index in [9.17, 15) is 4.79 Å². The van der Waals surface area contributed by atoms with Crippen molar-refractivity contribution in [2.75, 3.05) is 23.3 Å². The van der Waals surface area contributed by atoms with Gasteiger partial charge >= 0.3 is 5.97 Å². The number of nitrogens with zero attached hydrogens (tertiary/aromatic N) is 1. The van der Waals surface area contributed by atoms with Crippen LogP contribution in [0.2, 0.25) is 0 Å². The van der Waals surface area contributed by atoms with Crippen molar-refractivity contribution in [1.29, 1.82) is 0 Å². The Morgan fingerprint density at radius 2 is 1.39 bits per heavy atom. The standard InChI is InChI=1S/C39H44N2O3/c1-4-6-8-15-23-41(24-16-9-7-5-2)30-21-22-33-37(26-30)43-36-25-28(3)35(40-29-17-11-10-12-18-29)27-34(36)39(33)32-20-14-13-19-31(32)38(42)44-39/h10-14,17-22,25-27,40H,4-9,15-16,23-24H2,1-3H3. The van der Waals surface area contributed by atoms with Crippen LogP contribution in [0.1, 0.15) is 97.8 Å². The minimum absolute atomic E-state index is 0.310. The molecule has 4 aromatic rings. The number of para-hydroxylation sites is 1. The zero-order valence-corrected chi connectivity index (χ0v) is 26.3. The summed E-state index contributed by atoms with van der Waals surface area (Å²) < 4.78 is 13.2. The molecule has 0 aliphatic carbocycles. The third kappa shape index (κ3) is 5.68. The third-order valence-electron chi connectivity index (χ3n) is 9.02. The number of esters is 1. The number of nitrogens with one attached hydrogen (secondary N) is 1. The van der Waals surface area contributed by atoms with Crippen molar-refractivity contribution in [3.63, 3.8) is 0 Å². The summed E-state index contributed by atoms with van der Waals surface area (Å²) in [6, 6.07) is 28.5. The molecule has 0 aromatic heterocycles. The molecular formula is C39H44N2O3. The van der Waals surface area contributed by atoms with Crippen LogP contribution in [0.25, 0.3) is 0 Å². The minimum atomic E-state index is -1.09. The Morgan fingerprint density at radius 1 is 0.705 bits per heavy atom. The smallest absolute Gasteiger partial charge is 0.340 e. The summed E-state index contributed by atoms with van der Waals surface area (Å²) in [5.74, 6) is 1.15. The Morgan fingerprint density at radius 3 is 2.11 bits per heavy atom. The molecule has 1 atom stereocenters. The van der Waals surface area contributed by atoms with Gasteiger partial charge in [-0.3, -0.25) is 0 Å². The number of hydrogen-bond acceptors (Lipinski definition) is 5. The van der Waals surface area contributed by atoms with Gasteiger partial charge in [-0.05, 0) is 67.8 Å². The summed E-state index contributed by atoms with van der Waals surface area (Å²) in [5.41, 5.74) is 6.20. The molecule has 0 saturated heterocycles. The summed E-state index contributed by atoms with van der Waals surface area (Å²) in [7, 11) is 0. The number of benzene rings is 4. The normalized spacial score (nSPS) is 16.1. The number of rotatable bonds is 13. The summed E-state index contributed by atoms with van der Waals surface area (Å²) in [6.45, 7) is 8.65. The van der Waals surface area contributed by atoms with E-state index in [1.807, 2.05) is 54.6 Å². The Hall–Kier alpha value is -4.25. The molecular weight excluding hydrogens is 544 g/mol. The molecule has 1 spiro atoms. The number of aryl methyl sites for hydroxylation is 1. The minimum Gasteiger partial charge on any atom is -0.456 e. The molecule has 0 fully saturated rings. The summed E-state index contributed by atoms with van der Waals surface area (Å²) in [6.07, 6.45) is 9.82. The number of carbonyl (C=O) groups excluding carboxylic acids is 1. The fourth-order valence-corrected chi connectivity index (χ4v) is 6.65. The van der Waals surface area contributed by atoms with E-state index in [4.69, 9.17) is 9.47 Å². The zero-order chi connectivity index (χ0) is 30.5. The van der Waals surface area contributed by atoms with Crippen LogP contribution in [-0.2, 0) is 10.3 Å². The lowest BCUT2D eigenvalue weighted by molar-refractivity contribution is 0.0224. The Bertz CT molecular complexity index is 1600. The SMILES string of the molecule is CCCCCCN(CCCCCC)c1ccc2c(c1)Oc1cc(C)c(Nc3ccccc3)cc1C21OC(=O)c2ccccc21. The van der Waals surface area contributed by atoms with Crippen molar-refractivity contribution >= 4 is 23.0 Å². The number of unbranched alkanes of at least 4 members (excludes halogenated alkanes) is 6. The van der Waals surface area contributed by atoms with E-state index in [2.05, 4.69) is 61.3 Å². The monoisotopic (exact) mass is 588 g/mol. The van der Waals surface area contributed by atoms with E-state index < -0.39 is 5.60 Å². The van der Waals surface area contributed by atoms with E-state index in [0.29, 0.717) is 11.3 Å². The number of anilines is 3. The molecule has 2 aliphatic rings. The van der Waals surface area contributed by atoms with E-state index in [1.54, 1.807) is 0 Å². The molecule has 5 nitrogen and oxygen atoms in total.